The van der Waals surface area contributed by atoms with E-state index in [0.29, 0.717) is 13.1 Å². The number of unbranched alkanes of at least 4 members (excludes halogenated alkanes) is 5. The van der Waals surface area contributed by atoms with Gasteiger partial charge in [-0.2, -0.15) is 0 Å². The lowest BCUT2D eigenvalue weighted by atomic mass is 10.1. The van der Waals surface area contributed by atoms with Crippen LogP contribution < -0.4 is 10.6 Å². The maximum absolute atomic E-state index is 11.8. The first-order valence-electron chi connectivity index (χ1n) is 9.43. The van der Waals surface area contributed by atoms with E-state index < -0.39 is 33.4 Å². The third-order valence-corrected chi connectivity index (χ3v) is 4.17. The first-order chi connectivity index (χ1) is 14.4. The molecule has 0 fully saturated rings. The minimum atomic E-state index is -0.703. The van der Waals surface area contributed by atoms with Gasteiger partial charge in [-0.25, -0.2) is 0 Å². The maximum atomic E-state index is 11.8. The van der Waals surface area contributed by atoms with Gasteiger partial charge in [-0.05, 0) is 25.0 Å². The van der Waals surface area contributed by atoms with E-state index in [1.807, 2.05) is 0 Å². The highest BCUT2D eigenvalue weighted by Gasteiger charge is 2.17. The summed E-state index contributed by atoms with van der Waals surface area (Å²) in [6.45, 7) is 0.886. The van der Waals surface area contributed by atoms with Crippen LogP contribution in [0.25, 0.3) is 0 Å². The van der Waals surface area contributed by atoms with Gasteiger partial charge in [0, 0.05) is 13.1 Å². The van der Waals surface area contributed by atoms with Gasteiger partial charge in [-0.1, -0.05) is 25.7 Å². The fourth-order valence-corrected chi connectivity index (χ4v) is 2.63. The molecule has 2 aromatic rings. The molecule has 2 N–H and O–H groups in total. The molecule has 0 radical (unpaired) electrons. The van der Waals surface area contributed by atoms with Gasteiger partial charge in [-0.15, -0.1) is 0 Å². The molecule has 2 aromatic heterocycles. The number of nitrogens with zero attached hydrogens (tertiary/aromatic N) is 2. The minimum absolute atomic E-state index is 0.0899. The summed E-state index contributed by atoms with van der Waals surface area (Å²) in [5, 5.41) is 26.3. The number of hydrogen-bond donors (Lipinski definition) is 2. The smallest absolute Gasteiger partial charge is 0.395 e. The highest BCUT2D eigenvalue weighted by Crippen LogP contribution is 2.16. The van der Waals surface area contributed by atoms with E-state index in [2.05, 4.69) is 10.6 Å². The number of carbonyl (C=O) groups is 2. The zero-order chi connectivity index (χ0) is 21.9. The van der Waals surface area contributed by atoms with Gasteiger partial charge >= 0.3 is 11.8 Å². The molecular weight excluding hydrogens is 400 g/mol. The fourth-order valence-electron chi connectivity index (χ4n) is 2.63. The van der Waals surface area contributed by atoms with Crippen LogP contribution >= 0.6 is 0 Å². The Morgan fingerprint density at radius 1 is 0.700 bits per heavy atom. The molecule has 0 aliphatic heterocycles. The average molecular weight is 422 g/mol. The third kappa shape index (κ3) is 7.04. The fraction of sp³-hybridized carbons (Fsp3) is 0.444. The van der Waals surface area contributed by atoms with E-state index in [1.165, 1.54) is 12.1 Å². The van der Waals surface area contributed by atoms with Crippen molar-refractivity contribution in [3.05, 3.63) is 56.0 Å². The van der Waals surface area contributed by atoms with E-state index in [4.69, 9.17) is 8.83 Å². The Labute approximate surface area is 170 Å². The standard InChI is InChI=1S/C18H22N4O8/c23-17(13-7-9-15(29-13)21(25)26)19-11-5-3-1-2-4-6-12-20-18(24)14-8-10-16(30-14)22(27)28/h7-10H,1-6,11-12H2,(H,19,23)(H,20,24). The normalized spacial score (nSPS) is 10.5. The molecule has 2 heterocycles. The van der Waals surface area contributed by atoms with Crippen molar-refractivity contribution in [3.63, 3.8) is 0 Å². The second-order valence-electron chi connectivity index (χ2n) is 6.42. The summed E-state index contributed by atoms with van der Waals surface area (Å²) in [6.07, 6.45) is 5.26. The highest BCUT2D eigenvalue weighted by atomic mass is 16.7. The Morgan fingerprint density at radius 3 is 1.40 bits per heavy atom. The molecule has 30 heavy (non-hydrogen) atoms. The third-order valence-electron chi connectivity index (χ3n) is 4.17. The van der Waals surface area contributed by atoms with Crippen LogP contribution in [0, 0.1) is 20.2 Å². The zero-order valence-corrected chi connectivity index (χ0v) is 16.1. The van der Waals surface area contributed by atoms with Crippen LogP contribution in [0.5, 0.6) is 0 Å². The number of amides is 2. The van der Waals surface area contributed by atoms with E-state index in [-0.39, 0.29) is 11.5 Å². The van der Waals surface area contributed by atoms with Gasteiger partial charge in [0.05, 0.1) is 12.1 Å². The zero-order valence-electron chi connectivity index (χ0n) is 16.1. The first kappa shape index (κ1) is 22.6. The van der Waals surface area contributed by atoms with Crippen molar-refractivity contribution < 1.29 is 28.3 Å². The first-order valence-corrected chi connectivity index (χ1v) is 9.43. The summed E-state index contributed by atoms with van der Waals surface area (Å²) in [7, 11) is 0. The summed E-state index contributed by atoms with van der Waals surface area (Å²) >= 11 is 0. The number of rotatable bonds is 13. The summed E-state index contributed by atoms with van der Waals surface area (Å²) in [5.74, 6) is -2.09. The average Bonchev–Trinajstić information content (AvgIpc) is 3.39. The predicted molar refractivity (Wildman–Crippen MR) is 103 cm³/mol. The van der Waals surface area contributed by atoms with Gasteiger partial charge in [0.15, 0.2) is 11.5 Å². The summed E-state index contributed by atoms with van der Waals surface area (Å²) in [5.41, 5.74) is 0. The highest BCUT2D eigenvalue weighted by molar-refractivity contribution is 5.92. The Bertz CT molecular complexity index is 816. The van der Waals surface area contributed by atoms with Gasteiger partial charge in [0.1, 0.15) is 9.85 Å². The van der Waals surface area contributed by atoms with Gasteiger partial charge in [-0.3, -0.25) is 29.8 Å². The van der Waals surface area contributed by atoms with Gasteiger partial charge < -0.3 is 19.5 Å². The molecule has 0 aromatic carbocycles. The van der Waals surface area contributed by atoms with Crippen molar-refractivity contribution in [2.75, 3.05) is 13.1 Å². The molecule has 0 atom stereocenters. The molecule has 0 bridgehead atoms. The van der Waals surface area contributed by atoms with Crippen LogP contribution in [0.1, 0.15) is 59.6 Å². The van der Waals surface area contributed by atoms with Crippen LogP contribution in [0.2, 0.25) is 0 Å². The van der Waals surface area contributed by atoms with Crippen LogP contribution in [-0.2, 0) is 0 Å². The van der Waals surface area contributed by atoms with E-state index >= 15 is 0 Å². The molecule has 12 heteroatoms. The second-order valence-corrected chi connectivity index (χ2v) is 6.42. The lowest BCUT2D eigenvalue weighted by molar-refractivity contribution is -0.402. The Balaban J connectivity index is 1.47. The van der Waals surface area contributed by atoms with E-state index in [0.717, 1.165) is 50.7 Å². The number of furan rings is 2. The molecule has 12 nitrogen and oxygen atoms in total. The van der Waals surface area contributed by atoms with Crippen LogP contribution in [-0.4, -0.2) is 34.8 Å². The molecule has 2 rings (SSSR count). The van der Waals surface area contributed by atoms with Gasteiger partial charge in [0.25, 0.3) is 11.8 Å². The Kier molecular flexibility index (Phi) is 8.54. The van der Waals surface area contributed by atoms with Crippen molar-refractivity contribution in [1.29, 1.82) is 0 Å². The van der Waals surface area contributed by atoms with Gasteiger partial charge in [0.2, 0.25) is 0 Å². The molecule has 0 spiro atoms. The number of nitro groups is 2. The van der Waals surface area contributed by atoms with Crippen LogP contribution in [0.15, 0.2) is 33.1 Å². The SMILES string of the molecule is O=C(NCCCCCCCCNC(=O)c1ccc([N+](=O)[O-])o1)c1ccc([N+](=O)[O-])o1. The predicted octanol–water partition coefficient (Wildman–Crippen LogP) is 3.19. The Morgan fingerprint density at radius 2 is 1.07 bits per heavy atom. The van der Waals surface area contributed by atoms with Crippen molar-refractivity contribution in [2.45, 2.75) is 38.5 Å². The Hall–Kier alpha value is -3.70. The summed E-state index contributed by atoms with van der Waals surface area (Å²) in [6, 6.07) is 4.80. The van der Waals surface area contributed by atoms with Crippen LogP contribution in [0.4, 0.5) is 11.8 Å². The number of carbonyl (C=O) groups excluding carboxylic acids is 2. The molecule has 2 amide bonds. The molecule has 0 saturated carbocycles. The lowest BCUT2D eigenvalue weighted by Gasteiger charge is -2.04. The molecule has 162 valence electrons. The molecule has 0 aliphatic carbocycles. The van der Waals surface area contributed by atoms with Crippen LogP contribution in [0.3, 0.4) is 0 Å². The van der Waals surface area contributed by atoms with Crippen molar-refractivity contribution in [1.82, 2.24) is 10.6 Å². The summed E-state index contributed by atoms with van der Waals surface area (Å²) < 4.78 is 9.64. The largest absolute Gasteiger partial charge is 0.433 e. The quantitative estimate of drug-likeness (QED) is 0.281. The van der Waals surface area contributed by atoms with E-state index in [9.17, 15) is 29.8 Å². The number of nitrogens with one attached hydrogen (secondary N) is 2. The minimum Gasteiger partial charge on any atom is -0.395 e. The van der Waals surface area contributed by atoms with Crippen molar-refractivity contribution >= 4 is 23.6 Å². The molecule has 0 saturated heterocycles. The second kappa shape index (κ2) is 11.3. The lowest BCUT2D eigenvalue weighted by Crippen LogP contribution is -2.24. The molecule has 0 unspecified atom stereocenters. The van der Waals surface area contributed by atoms with Crippen molar-refractivity contribution in [3.8, 4) is 0 Å². The molecular formula is C18H22N4O8. The van der Waals surface area contributed by atoms with E-state index in [1.54, 1.807) is 0 Å². The molecule has 0 aliphatic rings. The topological polar surface area (TPSA) is 171 Å². The number of hydrogen-bond acceptors (Lipinski definition) is 8. The maximum Gasteiger partial charge on any atom is 0.433 e. The monoisotopic (exact) mass is 422 g/mol. The summed E-state index contributed by atoms with van der Waals surface area (Å²) in [4.78, 5) is 43.2. The van der Waals surface area contributed by atoms with Crippen molar-refractivity contribution in [2.24, 2.45) is 0 Å².